The Bertz CT molecular complexity index is 197. The van der Waals surface area contributed by atoms with E-state index in [9.17, 15) is 4.79 Å². The number of nitrogens with two attached hydrogens (primary N) is 1. The first kappa shape index (κ1) is 11.5. The lowest BCUT2D eigenvalue weighted by Gasteiger charge is -2.35. The average Bonchev–Trinajstić information content (AvgIpc) is 2.01. The standard InChI is InChI=1S/C10H20N2O2/c1-2-3-8-4-9(11)6-12(5-8)7-10(13)14/h8-9H,2-7,11H2,1H3,(H,13,14). The first-order valence-corrected chi connectivity index (χ1v) is 5.31. The van der Waals surface area contributed by atoms with Crippen molar-refractivity contribution >= 4 is 5.97 Å². The Morgan fingerprint density at radius 1 is 1.57 bits per heavy atom. The Morgan fingerprint density at radius 3 is 2.86 bits per heavy atom. The van der Waals surface area contributed by atoms with Gasteiger partial charge in [0.2, 0.25) is 0 Å². The molecule has 0 amide bonds. The van der Waals surface area contributed by atoms with Gasteiger partial charge < -0.3 is 10.8 Å². The number of likely N-dealkylation sites (tertiary alicyclic amines) is 1. The molecule has 0 saturated carbocycles. The van der Waals surface area contributed by atoms with Crippen LogP contribution in [0, 0.1) is 5.92 Å². The van der Waals surface area contributed by atoms with Crippen LogP contribution in [-0.4, -0.2) is 41.7 Å². The van der Waals surface area contributed by atoms with E-state index in [4.69, 9.17) is 10.8 Å². The van der Waals surface area contributed by atoms with Gasteiger partial charge in [0, 0.05) is 19.1 Å². The number of hydrogen-bond donors (Lipinski definition) is 2. The van der Waals surface area contributed by atoms with Crippen LogP contribution in [0.5, 0.6) is 0 Å². The summed E-state index contributed by atoms with van der Waals surface area (Å²) in [6, 6.07) is 0.152. The van der Waals surface area contributed by atoms with Gasteiger partial charge in [0.1, 0.15) is 0 Å². The van der Waals surface area contributed by atoms with Crippen molar-refractivity contribution in [1.82, 2.24) is 4.90 Å². The maximum Gasteiger partial charge on any atom is 0.317 e. The molecule has 0 radical (unpaired) electrons. The highest BCUT2D eigenvalue weighted by Gasteiger charge is 2.25. The minimum Gasteiger partial charge on any atom is -0.480 e. The Balaban J connectivity index is 2.41. The average molecular weight is 200 g/mol. The van der Waals surface area contributed by atoms with E-state index in [0.717, 1.165) is 32.4 Å². The third-order valence-corrected chi connectivity index (χ3v) is 2.70. The van der Waals surface area contributed by atoms with E-state index in [2.05, 4.69) is 6.92 Å². The fourth-order valence-electron chi connectivity index (χ4n) is 2.29. The highest BCUT2D eigenvalue weighted by molar-refractivity contribution is 5.69. The molecular formula is C10H20N2O2. The van der Waals surface area contributed by atoms with E-state index in [-0.39, 0.29) is 12.6 Å². The van der Waals surface area contributed by atoms with Gasteiger partial charge in [0.15, 0.2) is 0 Å². The van der Waals surface area contributed by atoms with E-state index in [1.165, 1.54) is 0 Å². The fraction of sp³-hybridized carbons (Fsp3) is 0.900. The molecule has 14 heavy (non-hydrogen) atoms. The predicted octanol–water partition coefficient (Wildman–Crippen LogP) is 0.520. The third-order valence-electron chi connectivity index (χ3n) is 2.70. The fourth-order valence-corrected chi connectivity index (χ4v) is 2.29. The second-order valence-corrected chi connectivity index (χ2v) is 4.24. The molecule has 1 fully saturated rings. The quantitative estimate of drug-likeness (QED) is 0.694. The van der Waals surface area contributed by atoms with Crippen LogP contribution in [0.1, 0.15) is 26.2 Å². The number of nitrogens with zero attached hydrogens (tertiary/aromatic N) is 1. The van der Waals surface area contributed by atoms with E-state index >= 15 is 0 Å². The zero-order chi connectivity index (χ0) is 10.6. The van der Waals surface area contributed by atoms with Crippen LogP contribution in [0.15, 0.2) is 0 Å². The van der Waals surface area contributed by atoms with Gasteiger partial charge in [-0.25, -0.2) is 0 Å². The van der Waals surface area contributed by atoms with Crippen LogP contribution in [0.4, 0.5) is 0 Å². The third kappa shape index (κ3) is 3.64. The lowest BCUT2D eigenvalue weighted by Crippen LogP contribution is -2.48. The van der Waals surface area contributed by atoms with Crippen molar-refractivity contribution in [1.29, 1.82) is 0 Å². The van der Waals surface area contributed by atoms with Gasteiger partial charge in [-0.3, -0.25) is 9.69 Å². The van der Waals surface area contributed by atoms with E-state index < -0.39 is 5.97 Å². The van der Waals surface area contributed by atoms with Crippen LogP contribution in [0.25, 0.3) is 0 Å². The van der Waals surface area contributed by atoms with Crippen molar-refractivity contribution < 1.29 is 9.90 Å². The number of carboxylic acid groups (broad SMARTS) is 1. The Morgan fingerprint density at radius 2 is 2.29 bits per heavy atom. The molecule has 1 aliphatic rings. The molecule has 0 aromatic carbocycles. The van der Waals surface area contributed by atoms with Crippen LogP contribution >= 0.6 is 0 Å². The molecule has 2 atom stereocenters. The number of aliphatic carboxylic acids is 1. The second kappa shape index (κ2) is 5.32. The zero-order valence-electron chi connectivity index (χ0n) is 8.78. The molecule has 1 saturated heterocycles. The minimum atomic E-state index is -0.755. The van der Waals surface area contributed by atoms with Crippen molar-refractivity contribution in [3.8, 4) is 0 Å². The van der Waals surface area contributed by atoms with Crippen LogP contribution in [0.2, 0.25) is 0 Å². The largest absolute Gasteiger partial charge is 0.480 e. The summed E-state index contributed by atoms with van der Waals surface area (Å²) in [5.41, 5.74) is 5.89. The van der Waals surface area contributed by atoms with E-state index in [1.54, 1.807) is 0 Å². The summed E-state index contributed by atoms with van der Waals surface area (Å²) in [7, 11) is 0. The lowest BCUT2D eigenvalue weighted by molar-refractivity contribution is -0.138. The maximum atomic E-state index is 10.6. The molecule has 0 spiro atoms. The molecule has 0 aromatic heterocycles. The molecular weight excluding hydrogens is 180 g/mol. The second-order valence-electron chi connectivity index (χ2n) is 4.24. The Kier molecular flexibility index (Phi) is 4.35. The SMILES string of the molecule is CCCC1CC(N)CN(CC(=O)O)C1. The van der Waals surface area contributed by atoms with Gasteiger partial charge >= 0.3 is 5.97 Å². The van der Waals surface area contributed by atoms with Gasteiger partial charge in [0.05, 0.1) is 6.54 Å². The number of carboxylic acids is 1. The number of piperidine rings is 1. The van der Waals surface area contributed by atoms with Crippen LogP contribution in [0.3, 0.4) is 0 Å². The molecule has 1 aliphatic heterocycles. The monoisotopic (exact) mass is 200 g/mol. The van der Waals surface area contributed by atoms with Crippen molar-refractivity contribution in [2.45, 2.75) is 32.2 Å². The molecule has 1 rings (SSSR count). The molecule has 0 bridgehead atoms. The summed E-state index contributed by atoms with van der Waals surface area (Å²) in [6.07, 6.45) is 3.35. The molecule has 4 heteroatoms. The molecule has 0 aromatic rings. The number of hydrogen-bond acceptors (Lipinski definition) is 3. The Labute approximate surface area is 85.1 Å². The van der Waals surface area contributed by atoms with Gasteiger partial charge in [-0.1, -0.05) is 13.3 Å². The maximum absolute atomic E-state index is 10.6. The topological polar surface area (TPSA) is 66.6 Å². The van der Waals surface area contributed by atoms with E-state index in [0.29, 0.717) is 5.92 Å². The lowest BCUT2D eigenvalue weighted by atomic mass is 9.91. The van der Waals surface area contributed by atoms with Crippen molar-refractivity contribution in [3.63, 3.8) is 0 Å². The molecule has 1 heterocycles. The highest BCUT2D eigenvalue weighted by Crippen LogP contribution is 2.19. The van der Waals surface area contributed by atoms with Crippen molar-refractivity contribution in [2.75, 3.05) is 19.6 Å². The molecule has 82 valence electrons. The number of rotatable bonds is 4. The van der Waals surface area contributed by atoms with Crippen LogP contribution < -0.4 is 5.73 Å². The summed E-state index contributed by atoms with van der Waals surface area (Å²) < 4.78 is 0. The van der Waals surface area contributed by atoms with Gasteiger partial charge in [0.25, 0.3) is 0 Å². The van der Waals surface area contributed by atoms with Gasteiger partial charge in [-0.15, -0.1) is 0 Å². The smallest absolute Gasteiger partial charge is 0.317 e. The molecule has 4 nitrogen and oxygen atoms in total. The molecule has 0 aliphatic carbocycles. The molecule has 2 unspecified atom stereocenters. The zero-order valence-corrected chi connectivity index (χ0v) is 8.78. The van der Waals surface area contributed by atoms with Gasteiger partial charge in [-0.2, -0.15) is 0 Å². The van der Waals surface area contributed by atoms with Gasteiger partial charge in [-0.05, 0) is 18.8 Å². The predicted molar refractivity (Wildman–Crippen MR) is 55.1 cm³/mol. The highest BCUT2D eigenvalue weighted by atomic mass is 16.4. The summed E-state index contributed by atoms with van der Waals surface area (Å²) in [5, 5.41) is 8.69. The first-order chi connectivity index (χ1) is 6.61. The minimum absolute atomic E-state index is 0.133. The van der Waals surface area contributed by atoms with E-state index in [1.807, 2.05) is 4.90 Å². The summed E-state index contributed by atoms with van der Waals surface area (Å²) in [6.45, 7) is 3.91. The summed E-state index contributed by atoms with van der Waals surface area (Å²) in [5.74, 6) is -0.169. The first-order valence-electron chi connectivity index (χ1n) is 5.31. The molecule has 3 N–H and O–H groups in total. The summed E-state index contributed by atoms with van der Waals surface area (Å²) in [4.78, 5) is 12.5. The van der Waals surface area contributed by atoms with Crippen molar-refractivity contribution in [3.05, 3.63) is 0 Å². The summed E-state index contributed by atoms with van der Waals surface area (Å²) >= 11 is 0. The number of carbonyl (C=O) groups is 1. The van der Waals surface area contributed by atoms with Crippen LogP contribution in [-0.2, 0) is 4.79 Å². The van der Waals surface area contributed by atoms with Crippen molar-refractivity contribution in [2.24, 2.45) is 11.7 Å². The normalized spacial score (nSPS) is 29.0. The Hall–Kier alpha value is -0.610.